The molecule has 0 saturated carbocycles. The fraction of sp³-hybridized carbons (Fsp3) is 0.308. The van der Waals surface area contributed by atoms with Crippen LogP contribution in [0.2, 0.25) is 0 Å². The molecule has 0 unspecified atom stereocenters. The normalized spacial score (nSPS) is 10.5. The van der Waals surface area contributed by atoms with Crippen molar-refractivity contribution < 1.29 is 4.52 Å². The zero-order valence-corrected chi connectivity index (χ0v) is 8.94. The Morgan fingerprint density at radius 2 is 2.20 bits per heavy atom. The lowest BCUT2D eigenvalue weighted by atomic mass is 10.0. The molecule has 78 valence electrons. The molecule has 2 rings (SSSR count). The Balaban J connectivity index is 2.19. The van der Waals surface area contributed by atoms with Crippen molar-refractivity contribution in [1.29, 1.82) is 0 Å². The molecule has 0 N–H and O–H groups in total. The molecule has 0 bridgehead atoms. The summed E-state index contributed by atoms with van der Waals surface area (Å²) in [6.07, 6.45) is 5.21. The number of hydrogen-bond acceptors (Lipinski definition) is 2. The van der Waals surface area contributed by atoms with Crippen molar-refractivity contribution in [1.82, 2.24) is 5.16 Å². The molecular weight excluding hydrogens is 186 g/mol. The van der Waals surface area contributed by atoms with E-state index in [9.17, 15) is 0 Å². The zero-order chi connectivity index (χ0) is 10.5. The molecule has 1 aromatic carbocycles. The minimum Gasteiger partial charge on any atom is -0.364 e. The number of aryl methyl sites for hydroxylation is 1. The van der Waals surface area contributed by atoms with Crippen LogP contribution in [0.25, 0.3) is 11.3 Å². The minimum atomic E-state index is 0.911. The smallest absolute Gasteiger partial charge is 0.124 e. The number of hydrogen-bond donors (Lipinski definition) is 0. The fourth-order valence-corrected chi connectivity index (χ4v) is 1.63. The maximum absolute atomic E-state index is 4.84. The summed E-state index contributed by atoms with van der Waals surface area (Å²) >= 11 is 0. The minimum absolute atomic E-state index is 0.911. The van der Waals surface area contributed by atoms with Crippen LogP contribution in [0.15, 0.2) is 41.1 Å². The Morgan fingerprint density at radius 1 is 1.27 bits per heavy atom. The van der Waals surface area contributed by atoms with E-state index in [2.05, 4.69) is 36.3 Å². The van der Waals surface area contributed by atoms with Gasteiger partial charge < -0.3 is 4.52 Å². The van der Waals surface area contributed by atoms with Crippen LogP contribution in [-0.4, -0.2) is 5.16 Å². The van der Waals surface area contributed by atoms with Crippen LogP contribution < -0.4 is 0 Å². The number of unbranched alkanes of at least 4 members (excludes halogenated alkanes) is 1. The Morgan fingerprint density at radius 3 is 2.93 bits per heavy atom. The van der Waals surface area contributed by atoms with E-state index in [-0.39, 0.29) is 0 Å². The van der Waals surface area contributed by atoms with E-state index >= 15 is 0 Å². The maximum atomic E-state index is 4.84. The highest BCUT2D eigenvalue weighted by Gasteiger charge is 2.01. The van der Waals surface area contributed by atoms with E-state index in [4.69, 9.17) is 4.52 Å². The van der Waals surface area contributed by atoms with Crippen LogP contribution in [0.3, 0.4) is 0 Å². The summed E-state index contributed by atoms with van der Waals surface area (Å²) < 4.78 is 4.84. The molecule has 0 radical (unpaired) electrons. The van der Waals surface area contributed by atoms with Gasteiger partial charge in [-0.25, -0.2) is 0 Å². The van der Waals surface area contributed by atoms with E-state index in [1.165, 1.54) is 18.4 Å². The van der Waals surface area contributed by atoms with E-state index in [1.807, 2.05) is 6.07 Å². The summed E-state index contributed by atoms with van der Waals surface area (Å²) in [7, 11) is 0. The summed E-state index contributed by atoms with van der Waals surface area (Å²) in [5, 5.41) is 3.93. The molecule has 0 aliphatic heterocycles. The lowest BCUT2D eigenvalue weighted by molar-refractivity contribution is 0.422. The quantitative estimate of drug-likeness (QED) is 0.754. The summed E-state index contributed by atoms with van der Waals surface area (Å²) in [4.78, 5) is 0. The van der Waals surface area contributed by atoms with Gasteiger partial charge in [-0.2, -0.15) is 0 Å². The van der Waals surface area contributed by atoms with Crippen LogP contribution in [-0.2, 0) is 6.42 Å². The first-order chi connectivity index (χ1) is 7.40. The van der Waals surface area contributed by atoms with E-state index in [0.29, 0.717) is 0 Å². The number of benzene rings is 1. The third-order valence-electron chi connectivity index (χ3n) is 2.48. The molecule has 2 aromatic rings. The SMILES string of the molecule is CCCCc1cccc(-c2ccon2)c1. The Kier molecular flexibility index (Phi) is 3.18. The molecule has 2 heteroatoms. The molecule has 0 atom stereocenters. The van der Waals surface area contributed by atoms with Crippen LogP contribution in [0.4, 0.5) is 0 Å². The molecular formula is C13H15NO. The number of aromatic nitrogens is 1. The van der Waals surface area contributed by atoms with E-state index < -0.39 is 0 Å². The van der Waals surface area contributed by atoms with Crippen molar-refractivity contribution in [3.8, 4) is 11.3 Å². The first kappa shape index (κ1) is 9.97. The van der Waals surface area contributed by atoms with Gasteiger partial charge in [0.2, 0.25) is 0 Å². The summed E-state index contributed by atoms with van der Waals surface area (Å²) in [5.74, 6) is 0. The lowest BCUT2D eigenvalue weighted by Crippen LogP contribution is -1.85. The van der Waals surface area contributed by atoms with Crippen molar-refractivity contribution >= 4 is 0 Å². The third kappa shape index (κ3) is 2.46. The van der Waals surface area contributed by atoms with Gasteiger partial charge in [-0.05, 0) is 24.5 Å². The number of nitrogens with zero attached hydrogens (tertiary/aromatic N) is 1. The fourth-order valence-electron chi connectivity index (χ4n) is 1.63. The van der Waals surface area contributed by atoms with Gasteiger partial charge in [0.1, 0.15) is 12.0 Å². The van der Waals surface area contributed by atoms with Crippen molar-refractivity contribution in [2.45, 2.75) is 26.2 Å². The van der Waals surface area contributed by atoms with Gasteiger partial charge in [-0.3, -0.25) is 0 Å². The molecule has 0 amide bonds. The second kappa shape index (κ2) is 4.78. The predicted molar refractivity (Wildman–Crippen MR) is 60.6 cm³/mol. The van der Waals surface area contributed by atoms with Gasteiger partial charge >= 0.3 is 0 Å². The van der Waals surface area contributed by atoms with Gasteiger partial charge in [0.25, 0.3) is 0 Å². The van der Waals surface area contributed by atoms with Crippen molar-refractivity contribution in [2.75, 3.05) is 0 Å². The zero-order valence-electron chi connectivity index (χ0n) is 8.94. The van der Waals surface area contributed by atoms with Crippen LogP contribution >= 0.6 is 0 Å². The first-order valence-corrected chi connectivity index (χ1v) is 5.40. The topological polar surface area (TPSA) is 26.0 Å². The molecule has 0 fully saturated rings. The molecule has 1 aromatic heterocycles. The summed E-state index contributed by atoms with van der Waals surface area (Å²) in [6.45, 7) is 2.21. The Bertz CT molecular complexity index is 406. The van der Waals surface area contributed by atoms with Gasteiger partial charge in [0.15, 0.2) is 0 Å². The monoisotopic (exact) mass is 201 g/mol. The van der Waals surface area contributed by atoms with Crippen LogP contribution in [0, 0.1) is 0 Å². The predicted octanol–water partition coefficient (Wildman–Crippen LogP) is 3.68. The molecule has 0 aliphatic rings. The van der Waals surface area contributed by atoms with Crippen molar-refractivity contribution in [3.05, 3.63) is 42.2 Å². The van der Waals surface area contributed by atoms with Crippen LogP contribution in [0.1, 0.15) is 25.3 Å². The highest BCUT2D eigenvalue weighted by Crippen LogP contribution is 2.19. The van der Waals surface area contributed by atoms with E-state index in [1.54, 1.807) is 6.26 Å². The molecule has 0 aliphatic carbocycles. The van der Waals surface area contributed by atoms with Gasteiger partial charge in [0, 0.05) is 11.6 Å². The molecule has 0 saturated heterocycles. The second-order valence-electron chi connectivity index (χ2n) is 3.69. The molecule has 2 nitrogen and oxygen atoms in total. The number of rotatable bonds is 4. The lowest BCUT2D eigenvalue weighted by Gasteiger charge is -2.01. The summed E-state index contributed by atoms with van der Waals surface area (Å²) in [6, 6.07) is 10.4. The standard InChI is InChI=1S/C13H15NO/c1-2-3-5-11-6-4-7-12(10-11)13-8-9-15-14-13/h4,6-10H,2-3,5H2,1H3. The van der Waals surface area contributed by atoms with E-state index in [0.717, 1.165) is 17.7 Å². The summed E-state index contributed by atoms with van der Waals surface area (Å²) in [5.41, 5.74) is 3.42. The molecule has 0 spiro atoms. The Hall–Kier alpha value is -1.57. The van der Waals surface area contributed by atoms with Gasteiger partial charge in [-0.15, -0.1) is 0 Å². The van der Waals surface area contributed by atoms with Crippen molar-refractivity contribution in [3.63, 3.8) is 0 Å². The van der Waals surface area contributed by atoms with Crippen molar-refractivity contribution in [2.24, 2.45) is 0 Å². The highest BCUT2D eigenvalue weighted by atomic mass is 16.5. The first-order valence-electron chi connectivity index (χ1n) is 5.40. The Labute approximate surface area is 89.9 Å². The average molecular weight is 201 g/mol. The average Bonchev–Trinajstić information content (AvgIpc) is 2.80. The highest BCUT2D eigenvalue weighted by molar-refractivity contribution is 5.58. The molecule has 1 heterocycles. The molecule has 15 heavy (non-hydrogen) atoms. The second-order valence-corrected chi connectivity index (χ2v) is 3.69. The third-order valence-corrected chi connectivity index (χ3v) is 2.48. The van der Waals surface area contributed by atoms with Crippen LogP contribution in [0.5, 0.6) is 0 Å². The van der Waals surface area contributed by atoms with Gasteiger partial charge in [-0.1, -0.05) is 36.7 Å². The maximum Gasteiger partial charge on any atom is 0.124 e. The van der Waals surface area contributed by atoms with Gasteiger partial charge in [0.05, 0.1) is 0 Å². The largest absolute Gasteiger partial charge is 0.364 e.